The summed E-state index contributed by atoms with van der Waals surface area (Å²) in [4.78, 5) is 37.1. The van der Waals surface area contributed by atoms with Gasteiger partial charge >= 0.3 is 6.03 Å². The molecule has 2 aliphatic heterocycles. The minimum Gasteiger partial charge on any atom is -0.486 e. The van der Waals surface area contributed by atoms with Crippen molar-refractivity contribution in [3.05, 3.63) is 18.2 Å². The number of hydrogen-bond donors (Lipinski definition) is 2. The van der Waals surface area contributed by atoms with Gasteiger partial charge in [-0.05, 0) is 26.0 Å². The second-order valence-electron chi connectivity index (χ2n) is 6.47. The molecule has 3 rings (SSSR count). The highest BCUT2D eigenvalue weighted by molar-refractivity contribution is 7.99. The van der Waals surface area contributed by atoms with Gasteiger partial charge in [0.25, 0.3) is 5.91 Å². The minimum absolute atomic E-state index is 0.163. The summed E-state index contributed by atoms with van der Waals surface area (Å²) >= 11 is 1.36. The Hall–Kier alpha value is -2.42. The van der Waals surface area contributed by atoms with E-state index in [1.807, 2.05) is 0 Å². The topological polar surface area (TPSA) is 97.0 Å². The number of rotatable bonds is 6. The van der Waals surface area contributed by atoms with E-state index in [0.717, 1.165) is 0 Å². The van der Waals surface area contributed by atoms with Crippen LogP contribution in [-0.2, 0) is 9.59 Å². The van der Waals surface area contributed by atoms with Crippen LogP contribution in [0, 0.1) is 0 Å². The predicted octanol–water partition coefficient (Wildman–Crippen LogP) is 1.46. The highest BCUT2D eigenvalue weighted by Crippen LogP contribution is 2.32. The maximum Gasteiger partial charge on any atom is 0.325 e. The Morgan fingerprint density at radius 3 is 2.69 bits per heavy atom. The van der Waals surface area contributed by atoms with Crippen molar-refractivity contribution in [1.82, 2.24) is 10.2 Å². The molecule has 0 spiro atoms. The Morgan fingerprint density at radius 2 is 2.00 bits per heavy atom. The van der Waals surface area contributed by atoms with E-state index < -0.39 is 5.54 Å². The van der Waals surface area contributed by atoms with Gasteiger partial charge < -0.3 is 20.1 Å². The van der Waals surface area contributed by atoms with E-state index >= 15 is 0 Å². The second kappa shape index (κ2) is 7.45. The molecular formula is C17H21N3O5S. The van der Waals surface area contributed by atoms with Crippen LogP contribution in [0.15, 0.2) is 18.2 Å². The number of hydrogen-bond acceptors (Lipinski definition) is 6. The summed E-state index contributed by atoms with van der Waals surface area (Å²) in [5, 5.41) is 5.42. The van der Waals surface area contributed by atoms with Gasteiger partial charge in [-0.2, -0.15) is 11.8 Å². The molecule has 1 saturated heterocycles. The molecule has 0 aromatic heterocycles. The highest BCUT2D eigenvalue weighted by atomic mass is 32.2. The zero-order valence-electron chi connectivity index (χ0n) is 14.7. The number of thioether (sulfide) groups is 1. The standard InChI is InChI=1S/C17H21N3O5S/c1-17(2)15(22)20(16(23)19-17)5-8-26-10-14(21)18-11-3-4-12-13(9-11)25-7-6-24-12/h3-4,9H,5-8,10H2,1-2H3,(H,18,21)(H,19,23). The number of amides is 4. The first-order valence-corrected chi connectivity index (χ1v) is 9.44. The van der Waals surface area contributed by atoms with Crippen LogP contribution in [-0.4, -0.2) is 59.5 Å². The van der Waals surface area contributed by atoms with Gasteiger partial charge in [0.1, 0.15) is 18.8 Å². The molecule has 0 radical (unpaired) electrons. The smallest absolute Gasteiger partial charge is 0.325 e. The number of nitrogens with zero attached hydrogens (tertiary/aromatic N) is 1. The van der Waals surface area contributed by atoms with E-state index in [9.17, 15) is 14.4 Å². The molecule has 0 unspecified atom stereocenters. The van der Waals surface area contributed by atoms with E-state index in [-0.39, 0.29) is 30.1 Å². The lowest BCUT2D eigenvalue weighted by Gasteiger charge is -2.19. The molecule has 0 aliphatic carbocycles. The number of fused-ring (bicyclic) bond motifs is 1. The average Bonchev–Trinajstić information content (AvgIpc) is 2.79. The normalized spacial score (nSPS) is 17.8. The summed E-state index contributed by atoms with van der Waals surface area (Å²) in [7, 11) is 0. The first kappa shape index (κ1) is 18.4. The summed E-state index contributed by atoms with van der Waals surface area (Å²) in [5.41, 5.74) is -0.229. The van der Waals surface area contributed by atoms with Gasteiger partial charge in [0.2, 0.25) is 5.91 Å². The molecule has 0 atom stereocenters. The summed E-state index contributed by atoms with van der Waals surface area (Å²) in [6, 6.07) is 4.86. The van der Waals surface area contributed by atoms with Crippen molar-refractivity contribution in [3.8, 4) is 11.5 Å². The zero-order valence-corrected chi connectivity index (χ0v) is 15.5. The van der Waals surface area contributed by atoms with E-state index in [0.29, 0.717) is 36.2 Å². The van der Waals surface area contributed by atoms with Gasteiger partial charge in [0, 0.05) is 24.1 Å². The Labute approximate surface area is 155 Å². The van der Waals surface area contributed by atoms with Crippen molar-refractivity contribution in [2.75, 3.05) is 36.6 Å². The largest absolute Gasteiger partial charge is 0.486 e. The quantitative estimate of drug-likeness (QED) is 0.574. The summed E-state index contributed by atoms with van der Waals surface area (Å²) in [5.74, 6) is 1.58. The second-order valence-corrected chi connectivity index (χ2v) is 7.58. The van der Waals surface area contributed by atoms with Crippen molar-refractivity contribution in [2.24, 2.45) is 0 Å². The number of urea groups is 1. The molecule has 2 heterocycles. The molecule has 9 heteroatoms. The van der Waals surface area contributed by atoms with Gasteiger partial charge in [-0.3, -0.25) is 14.5 Å². The fourth-order valence-electron chi connectivity index (χ4n) is 2.66. The number of carbonyl (C=O) groups is 3. The van der Waals surface area contributed by atoms with E-state index in [1.54, 1.807) is 32.0 Å². The molecule has 4 amide bonds. The third-order valence-electron chi connectivity index (χ3n) is 3.96. The summed E-state index contributed by atoms with van der Waals surface area (Å²) in [6.07, 6.45) is 0. The van der Waals surface area contributed by atoms with Gasteiger partial charge in [-0.25, -0.2) is 4.79 Å². The fraction of sp³-hybridized carbons (Fsp3) is 0.471. The molecule has 140 valence electrons. The Balaban J connectivity index is 1.42. The molecule has 1 aromatic rings. The third-order valence-corrected chi connectivity index (χ3v) is 4.90. The van der Waals surface area contributed by atoms with Gasteiger partial charge in [-0.15, -0.1) is 0 Å². The van der Waals surface area contributed by atoms with Crippen LogP contribution in [0.1, 0.15) is 13.8 Å². The fourth-order valence-corrected chi connectivity index (χ4v) is 3.37. The van der Waals surface area contributed by atoms with Crippen molar-refractivity contribution in [3.63, 3.8) is 0 Å². The first-order valence-electron chi connectivity index (χ1n) is 8.28. The van der Waals surface area contributed by atoms with Gasteiger partial charge in [0.05, 0.1) is 5.75 Å². The first-order chi connectivity index (χ1) is 12.4. The maximum atomic E-state index is 12.1. The molecule has 2 aliphatic rings. The third kappa shape index (κ3) is 4.04. The number of imide groups is 1. The molecular weight excluding hydrogens is 358 g/mol. The highest BCUT2D eigenvalue weighted by Gasteiger charge is 2.43. The number of ether oxygens (including phenoxy) is 2. The molecule has 1 fully saturated rings. The summed E-state index contributed by atoms with van der Waals surface area (Å²) in [6.45, 7) is 4.61. The predicted molar refractivity (Wildman–Crippen MR) is 97.7 cm³/mol. The summed E-state index contributed by atoms with van der Waals surface area (Å²) < 4.78 is 10.9. The van der Waals surface area contributed by atoms with E-state index in [4.69, 9.17) is 9.47 Å². The molecule has 8 nitrogen and oxygen atoms in total. The monoisotopic (exact) mass is 379 g/mol. The number of carbonyl (C=O) groups excluding carboxylic acids is 3. The van der Waals surface area contributed by atoms with Crippen LogP contribution >= 0.6 is 11.8 Å². The van der Waals surface area contributed by atoms with Crippen LogP contribution in [0.4, 0.5) is 10.5 Å². The van der Waals surface area contributed by atoms with Crippen LogP contribution in [0.3, 0.4) is 0 Å². The number of nitrogens with one attached hydrogen (secondary N) is 2. The molecule has 26 heavy (non-hydrogen) atoms. The Morgan fingerprint density at radius 1 is 1.27 bits per heavy atom. The van der Waals surface area contributed by atoms with Gasteiger partial charge in [-0.1, -0.05) is 0 Å². The van der Waals surface area contributed by atoms with Crippen molar-refractivity contribution in [1.29, 1.82) is 0 Å². The molecule has 0 saturated carbocycles. The Kier molecular flexibility index (Phi) is 5.26. The minimum atomic E-state index is -0.864. The number of anilines is 1. The average molecular weight is 379 g/mol. The van der Waals surface area contributed by atoms with Crippen LogP contribution in [0.5, 0.6) is 11.5 Å². The Bertz CT molecular complexity index is 737. The van der Waals surface area contributed by atoms with Crippen molar-refractivity contribution < 1.29 is 23.9 Å². The van der Waals surface area contributed by atoms with Crippen molar-refractivity contribution in [2.45, 2.75) is 19.4 Å². The zero-order chi connectivity index (χ0) is 18.7. The molecule has 0 bridgehead atoms. The maximum absolute atomic E-state index is 12.1. The van der Waals surface area contributed by atoms with E-state index in [1.165, 1.54) is 16.7 Å². The van der Waals surface area contributed by atoms with Crippen LogP contribution in [0.2, 0.25) is 0 Å². The lowest BCUT2D eigenvalue weighted by Crippen LogP contribution is -2.40. The lowest BCUT2D eigenvalue weighted by molar-refractivity contribution is -0.130. The lowest BCUT2D eigenvalue weighted by atomic mass is 10.1. The van der Waals surface area contributed by atoms with E-state index in [2.05, 4.69) is 10.6 Å². The molecule has 2 N–H and O–H groups in total. The van der Waals surface area contributed by atoms with Crippen molar-refractivity contribution >= 4 is 35.3 Å². The molecule has 1 aromatic carbocycles. The van der Waals surface area contributed by atoms with Crippen LogP contribution in [0.25, 0.3) is 0 Å². The SMILES string of the molecule is CC1(C)NC(=O)N(CCSCC(=O)Nc2ccc3c(c2)OCCO3)C1=O. The van der Waals surface area contributed by atoms with Crippen LogP contribution < -0.4 is 20.1 Å². The van der Waals surface area contributed by atoms with Gasteiger partial charge in [0.15, 0.2) is 11.5 Å². The number of benzene rings is 1.